The van der Waals surface area contributed by atoms with Crippen molar-refractivity contribution in [1.29, 1.82) is 0 Å². The van der Waals surface area contributed by atoms with Crippen molar-refractivity contribution < 1.29 is 39.8 Å². The Labute approximate surface area is 147 Å². The second-order valence-corrected chi connectivity index (χ2v) is 6.26. The van der Waals surface area contributed by atoms with Gasteiger partial charge in [0.1, 0.15) is 37.3 Å². The van der Waals surface area contributed by atoms with Gasteiger partial charge in [-0.2, -0.15) is 4.98 Å². The quantitative estimate of drug-likeness (QED) is 0.554. The van der Waals surface area contributed by atoms with Gasteiger partial charge in [-0.1, -0.05) is 6.92 Å². The molecule has 1 aliphatic heterocycles. The molecular formula is C14H22Cl2N4OS. The summed E-state index contributed by atoms with van der Waals surface area (Å²) in [4.78, 5) is 12.9. The number of hydrogen-bond donors (Lipinski definition) is 2. The zero-order valence-corrected chi connectivity index (χ0v) is 15.0. The van der Waals surface area contributed by atoms with Gasteiger partial charge in [0.25, 0.3) is 0 Å². The highest BCUT2D eigenvalue weighted by atomic mass is 35.5. The van der Waals surface area contributed by atoms with Gasteiger partial charge in [-0.05, 0) is 12.5 Å². The number of quaternary nitrogens is 2. The molecule has 3 rings (SSSR count). The summed E-state index contributed by atoms with van der Waals surface area (Å²) < 4.78 is 5.39. The zero-order chi connectivity index (χ0) is 13.8. The molecule has 3 heterocycles. The predicted octanol–water partition coefficient (Wildman–Crippen LogP) is -6.63. The van der Waals surface area contributed by atoms with Crippen molar-refractivity contribution in [2.45, 2.75) is 13.3 Å². The number of morpholine rings is 1. The first-order valence-electron chi connectivity index (χ1n) is 7.34. The lowest BCUT2D eigenvalue weighted by Crippen LogP contribution is -3.16. The second kappa shape index (κ2) is 9.60. The third-order valence-corrected chi connectivity index (χ3v) is 4.98. The van der Waals surface area contributed by atoms with Crippen LogP contribution in [0.15, 0.2) is 12.4 Å². The van der Waals surface area contributed by atoms with Crippen LogP contribution in [0.5, 0.6) is 0 Å². The van der Waals surface area contributed by atoms with Crippen molar-refractivity contribution in [1.82, 2.24) is 9.97 Å². The Balaban J connectivity index is 0.00000121. The molecular weight excluding hydrogens is 343 g/mol. The summed E-state index contributed by atoms with van der Waals surface area (Å²) in [5, 5.41) is 3.48. The molecule has 0 amide bonds. The number of aryl methyl sites for hydroxylation is 1. The minimum atomic E-state index is 0. The van der Waals surface area contributed by atoms with Gasteiger partial charge < -0.3 is 34.5 Å². The van der Waals surface area contributed by atoms with E-state index in [0.29, 0.717) is 0 Å². The van der Waals surface area contributed by atoms with E-state index in [4.69, 9.17) is 4.74 Å². The van der Waals surface area contributed by atoms with Crippen LogP contribution in [-0.2, 0) is 11.2 Å². The van der Waals surface area contributed by atoms with Crippen molar-refractivity contribution in [2.24, 2.45) is 0 Å². The highest BCUT2D eigenvalue weighted by molar-refractivity contribution is 7.18. The number of nitrogens with two attached hydrogens (primary N) is 1. The highest BCUT2D eigenvalue weighted by Gasteiger charge is 2.15. The minimum absolute atomic E-state index is 0. The minimum Gasteiger partial charge on any atom is -1.00 e. The molecule has 0 spiro atoms. The SMILES string of the molecule is CCc1cc2c([NH2+]CC[NH+]3CCOCC3)ncnc2s1.[Cl-].[Cl-]. The van der Waals surface area contributed by atoms with E-state index in [1.807, 2.05) is 0 Å². The predicted molar refractivity (Wildman–Crippen MR) is 79.6 cm³/mol. The molecule has 0 radical (unpaired) electrons. The average Bonchev–Trinajstić information content (AvgIpc) is 2.92. The van der Waals surface area contributed by atoms with Crippen LogP contribution in [0.2, 0.25) is 0 Å². The van der Waals surface area contributed by atoms with Gasteiger partial charge in [0.15, 0.2) is 0 Å². The fourth-order valence-corrected chi connectivity index (χ4v) is 3.53. The molecule has 5 nitrogen and oxygen atoms in total. The number of rotatable bonds is 5. The van der Waals surface area contributed by atoms with Gasteiger partial charge in [0, 0.05) is 4.88 Å². The average molecular weight is 365 g/mol. The highest BCUT2D eigenvalue weighted by Crippen LogP contribution is 2.26. The maximum atomic E-state index is 5.39. The first-order chi connectivity index (χ1) is 9.86. The summed E-state index contributed by atoms with van der Waals surface area (Å²) in [6.45, 7) is 8.48. The van der Waals surface area contributed by atoms with Gasteiger partial charge in [-0.25, -0.2) is 4.98 Å². The molecule has 2 aromatic rings. The van der Waals surface area contributed by atoms with Crippen molar-refractivity contribution in [3.8, 4) is 0 Å². The molecule has 22 heavy (non-hydrogen) atoms. The number of halogens is 2. The molecule has 0 saturated carbocycles. The van der Waals surface area contributed by atoms with E-state index >= 15 is 0 Å². The number of ether oxygens (including phenoxy) is 1. The fraction of sp³-hybridized carbons (Fsp3) is 0.571. The van der Waals surface area contributed by atoms with Crippen LogP contribution in [0.25, 0.3) is 10.2 Å². The fourth-order valence-electron chi connectivity index (χ4n) is 2.58. The van der Waals surface area contributed by atoms with Gasteiger partial charge in [0.2, 0.25) is 5.82 Å². The Hall–Kier alpha value is -0.500. The van der Waals surface area contributed by atoms with Crippen LogP contribution in [-0.4, -0.2) is 49.4 Å². The van der Waals surface area contributed by atoms with Gasteiger partial charge in [-0.15, -0.1) is 11.3 Å². The summed E-state index contributed by atoms with van der Waals surface area (Å²) in [5.74, 6) is 1.10. The Kier molecular flexibility index (Phi) is 8.53. The van der Waals surface area contributed by atoms with Gasteiger partial charge in [-0.3, -0.25) is 5.32 Å². The lowest BCUT2D eigenvalue weighted by Gasteiger charge is -2.22. The normalized spacial score (nSPS) is 15.3. The number of aromatic nitrogens is 2. The Morgan fingerprint density at radius 2 is 2.05 bits per heavy atom. The van der Waals surface area contributed by atoms with Gasteiger partial charge in [0.05, 0.1) is 18.6 Å². The van der Waals surface area contributed by atoms with E-state index in [-0.39, 0.29) is 24.8 Å². The van der Waals surface area contributed by atoms with E-state index in [2.05, 4.69) is 28.3 Å². The molecule has 1 fully saturated rings. The molecule has 0 unspecified atom stereocenters. The standard InChI is InChI=1S/C14H20N4OS.2ClH/c1-2-11-9-12-13(16-10-17-14(12)20-11)15-3-4-18-5-7-19-8-6-18;;/h9-10H,2-8H2,1H3,(H,15,16,17);2*1H. The Bertz CT molecular complexity index is 575. The number of fused-ring (bicyclic) bond motifs is 1. The number of thiophene rings is 1. The van der Waals surface area contributed by atoms with E-state index in [1.54, 1.807) is 22.6 Å². The molecule has 0 atom stereocenters. The third kappa shape index (κ3) is 4.75. The lowest BCUT2D eigenvalue weighted by atomic mass is 10.3. The van der Waals surface area contributed by atoms with Crippen LogP contribution >= 0.6 is 11.3 Å². The molecule has 3 N–H and O–H groups in total. The van der Waals surface area contributed by atoms with E-state index in [1.165, 1.54) is 16.8 Å². The summed E-state index contributed by atoms with van der Waals surface area (Å²) in [6.07, 6.45) is 2.75. The summed E-state index contributed by atoms with van der Waals surface area (Å²) in [7, 11) is 0. The third-order valence-electron chi connectivity index (χ3n) is 3.80. The monoisotopic (exact) mass is 364 g/mol. The van der Waals surface area contributed by atoms with Gasteiger partial charge >= 0.3 is 0 Å². The summed E-state index contributed by atoms with van der Waals surface area (Å²) in [6, 6.07) is 2.24. The lowest BCUT2D eigenvalue weighted by molar-refractivity contribution is -0.916. The Morgan fingerprint density at radius 3 is 2.77 bits per heavy atom. The smallest absolute Gasteiger partial charge is 0.236 e. The van der Waals surface area contributed by atoms with Crippen molar-refractivity contribution in [3.05, 3.63) is 17.3 Å². The van der Waals surface area contributed by atoms with Crippen molar-refractivity contribution >= 4 is 27.4 Å². The molecule has 0 aromatic carbocycles. The van der Waals surface area contributed by atoms with E-state index in [9.17, 15) is 0 Å². The van der Waals surface area contributed by atoms with Crippen molar-refractivity contribution in [3.63, 3.8) is 0 Å². The topological polar surface area (TPSA) is 56.1 Å². The molecule has 124 valence electrons. The molecule has 2 aromatic heterocycles. The summed E-state index contributed by atoms with van der Waals surface area (Å²) in [5.41, 5.74) is 0. The molecule has 1 aliphatic rings. The molecule has 0 bridgehead atoms. The second-order valence-electron chi connectivity index (χ2n) is 5.15. The molecule has 8 heteroatoms. The Morgan fingerprint density at radius 1 is 1.27 bits per heavy atom. The van der Waals surface area contributed by atoms with Crippen LogP contribution in [0.1, 0.15) is 11.8 Å². The van der Waals surface area contributed by atoms with Crippen LogP contribution in [0.3, 0.4) is 0 Å². The molecule has 0 aliphatic carbocycles. The van der Waals surface area contributed by atoms with Crippen LogP contribution in [0, 0.1) is 0 Å². The number of nitrogens with one attached hydrogen (secondary N) is 1. The van der Waals surface area contributed by atoms with E-state index < -0.39 is 0 Å². The number of hydrogen-bond acceptors (Lipinski definition) is 4. The maximum Gasteiger partial charge on any atom is 0.236 e. The number of nitrogens with zero attached hydrogens (tertiary/aromatic N) is 2. The molecule has 1 saturated heterocycles. The van der Waals surface area contributed by atoms with E-state index in [0.717, 1.165) is 49.9 Å². The maximum absolute atomic E-state index is 5.39. The van der Waals surface area contributed by atoms with Crippen LogP contribution in [0.4, 0.5) is 5.82 Å². The van der Waals surface area contributed by atoms with Crippen LogP contribution < -0.4 is 35.0 Å². The largest absolute Gasteiger partial charge is 1.00 e. The first-order valence-corrected chi connectivity index (χ1v) is 8.16. The first kappa shape index (κ1) is 19.5. The zero-order valence-electron chi connectivity index (χ0n) is 12.6. The van der Waals surface area contributed by atoms with Crippen molar-refractivity contribution in [2.75, 3.05) is 39.4 Å². The summed E-state index contributed by atoms with van der Waals surface area (Å²) >= 11 is 1.78.